The van der Waals surface area contributed by atoms with Gasteiger partial charge in [-0.3, -0.25) is 0 Å². The van der Waals surface area contributed by atoms with Gasteiger partial charge in [-0.2, -0.15) is 0 Å². The molecule has 0 unspecified atom stereocenters. The molecular weight excluding hydrogens is 252 g/mol. The van der Waals surface area contributed by atoms with Gasteiger partial charge in [0.2, 0.25) is 0 Å². The first-order valence-electron chi connectivity index (χ1n) is 7.87. The lowest BCUT2D eigenvalue weighted by atomic mass is 10.1. The molecule has 2 heteroatoms. The van der Waals surface area contributed by atoms with E-state index in [0.717, 1.165) is 0 Å². The van der Waals surface area contributed by atoms with Gasteiger partial charge in [-0.25, -0.2) is 0 Å². The lowest BCUT2D eigenvalue weighted by Gasteiger charge is -2.02. The van der Waals surface area contributed by atoms with Gasteiger partial charge in [-0.1, -0.05) is 76.0 Å². The molecule has 1 heterocycles. The van der Waals surface area contributed by atoms with Crippen LogP contribution in [-0.2, 0) is 6.42 Å². The van der Waals surface area contributed by atoms with Gasteiger partial charge in [-0.15, -0.1) is 11.3 Å². The predicted molar refractivity (Wildman–Crippen MR) is 89.4 cm³/mol. The Bertz CT molecular complexity index is 293. The van der Waals surface area contributed by atoms with Crippen molar-refractivity contribution in [2.75, 3.05) is 0 Å². The van der Waals surface area contributed by atoms with Gasteiger partial charge < -0.3 is 0 Å². The van der Waals surface area contributed by atoms with Crippen molar-refractivity contribution < 1.29 is 0 Å². The van der Waals surface area contributed by atoms with Crippen LogP contribution < -0.4 is 5.19 Å². The van der Waals surface area contributed by atoms with Crippen molar-refractivity contribution in [3.63, 3.8) is 0 Å². The maximum atomic E-state index is 2.31. The Morgan fingerprint density at radius 2 is 1.44 bits per heavy atom. The van der Waals surface area contributed by atoms with E-state index in [0.29, 0.717) is 0 Å². The highest BCUT2D eigenvalue weighted by atomic mass is 32.1. The third-order valence-corrected chi connectivity index (χ3v) is 6.11. The Kier molecular flexibility index (Phi) is 9.59. The molecule has 1 aromatic rings. The van der Waals surface area contributed by atoms with Crippen LogP contribution in [0.1, 0.15) is 76.0 Å². The van der Waals surface area contributed by atoms with E-state index in [9.17, 15) is 0 Å². The van der Waals surface area contributed by atoms with Crippen molar-refractivity contribution in [1.82, 2.24) is 0 Å². The Hall–Kier alpha value is -0.0831. The Balaban J connectivity index is 1.83. The average Bonchev–Trinajstić information content (AvgIpc) is 2.77. The first-order valence-corrected chi connectivity index (χ1v) is 9.75. The molecule has 104 valence electrons. The molecule has 0 aliphatic carbocycles. The summed E-state index contributed by atoms with van der Waals surface area (Å²) in [7, 11) is 1.23. The van der Waals surface area contributed by atoms with E-state index in [2.05, 4.69) is 18.4 Å². The highest BCUT2D eigenvalue weighted by Crippen LogP contribution is 2.13. The minimum atomic E-state index is 1.23. The standard InChI is InChI=1S/C16H30SSi/c1-2-3-4-5-6-7-8-9-10-11-12-15-16(18)13-14-17-15/h13-14H,2-12H2,1,18H3. The molecule has 0 saturated heterocycles. The number of hydrogen-bond donors (Lipinski definition) is 0. The molecule has 0 fully saturated rings. The molecule has 0 bridgehead atoms. The van der Waals surface area contributed by atoms with Crippen LogP contribution in [0.25, 0.3) is 0 Å². The molecule has 0 aliphatic rings. The molecule has 0 atom stereocenters. The molecular formula is C16H30SSi. The molecule has 0 nitrogen and oxygen atoms in total. The fourth-order valence-electron chi connectivity index (χ4n) is 2.43. The summed E-state index contributed by atoms with van der Waals surface area (Å²) in [5.41, 5.74) is 0. The maximum Gasteiger partial charge on any atom is 0.0399 e. The molecule has 18 heavy (non-hydrogen) atoms. The number of hydrogen-bond acceptors (Lipinski definition) is 1. The van der Waals surface area contributed by atoms with Gasteiger partial charge in [0.25, 0.3) is 0 Å². The molecule has 0 aliphatic heterocycles. The molecule has 0 radical (unpaired) electrons. The van der Waals surface area contributed by atoms with Gasteiger partial charge in [-0.05, 0) is 18.2 Å². The van der Waals surface area contributed by atoms with Crippen molar-refractivity contribution in [2.24, 2.45) is 0 Å². The third kappa shape index (κ3) is 7.37. The molecule has 0 saturated carbocycles. The van der Waals surface area contributed by atoms with Crippen LogP contribution >= 0.6 is 11.3 Å². The summed E-state index contributed by atoms with van der Waals surface area (Å²) in [5, 5.41) is 3.89. The Morgan fingerprint density at radius 1 is 0.889 bits per heavy atom. The largest absolute Gasteiger partial charge is 0.149 e. The molecule has 0 amide bonds. The van der Waals surface area contributed by atoms with Crippen molar-refractivity contribution in [2.45, 2.75) is 77.6 Å². The van der Waals surface area contributed by atoms with Gasteiger partial charge >= 0.3 is 0 Å². The van der Waals surface area contributed by atoms with E-state index in [1.54, 1.807) is 10.1 Å². The van der Waals surface area contributed by atoms with Crippen LogP contribution in [0.3, 0.4) is 0 Å². The van der Waals surface area contributed by atoms with Gasteiger partial charge in [0.1, 0.15) is 0 Å². The summed E-state index contributed by atoms with van der Waals surface area (Å²) < 4.78 is 0. The normalized spacial score (nSPS) is 11.2. The van der Waals surface area contributed by atoms with E-state index in [1.807, 2.05) is 11.3 Å². The topological polar surface area (TPSA) is 0 Å². The summed E-state index contributed by atoms with van der Waals surface area (Å²) in [4.78, 5) is 1.67. The smallest absolute Gasteiger partial charge is 0.0399 e. The van der Waals surface area contributed by atoms with Crippen LogP contribution in [0.5, 0.6) is 0 Å². The van der Waals surface area contributed by atoms with E-state index in [-0.39, 0.29) is 0 Å². The van der Waals surface area contributed by atoms with E-state index in [4.69, 9.17) is 0 Å². The van der Waals surface area contributed by atoms with E-state index in [1.165, 1.54) is 80.9 Å². The number of rotatable bonds is 11. The van der Waals surface area contributed by atoms with Crippen molar-refractivity contribution in [3.05, 3.63) is 16.3 Å². The minimum absolute atomic E-state index is 1.23. The molecule has 0 spiro atoms. The second kappa shape index (κ2) is 10.8. The first-order chi connectivity index (χ1) is 8.84. The summed E-state index contributed by atoms with van der Waals surface area (Å²) in [6.45, 7) is 2.29. The quantitative estimate of drug-likeness (QED) is 0.421. The van der Waals surface area contributed by atoms with Gasteiger partial charge in [0.05, 0.1) is 0 Å². The second-order valence-corrected chi connectivity index (χ2v) is 7.54. The first kappa shape index (κ1) is 16.0. The van der Waals surface area contributed by atoms with Gasteiger partial charge in [0, 0.05) is 15.1 Å². The van der Waals surface area contributed by atoms with E-state index >= 15 is 0 Å². The zero-order valence-electron chi connectivity index (χ0n) is 12.3. The lowest BCUT2D eigenvalue weighted by molar-refractivity contribution is 0.557. The second-order valence-electron chi connectivity index (χ2n) is 5.46. The zero-order chi connectivity index (χ0) is 13.1. The molecule has 1 aromatic heterocycles. The number of unbranched alkanes of at least 4 members (excludes halogenated alkanes) is 9. The van der Waals surface area contributed by atoms with Crippen LogP contribution in [0.2, 0.25) is 0 Å². The third-order valence-electron chi connectivity index (χ3n) is 3.73. The fourth-order valence-corrected chi connectivity index (χ4v) is 4.40. The zero-order valence-corrected chi connectivity index (χ0v) is 15.2. The SMILES string of the molecule is CCCCCCCCCCCCc1sccc1[SiH3]. The van der Waals surface area contributed by atoms with E-state index < -0.39 is 0 Å². The highest BCUT2D eigenvalue weighted by molar-refractivity contribution is 7.11. The number of thiophene rings is 1. The fraction of sp³-hybridized carbons (Fsp3) is 0.750. The van der Waals surface area contributed by atoms with Crippen molar-refractivity contribution >= 4 is 26.8 Å². The monoisotopic (exact) mass is 282 g/mol. The van der Waals surface area contributed by atoms with Crippen LogP contribution in [0, 0.1) is 0 Å². The molecule has 0 aromatic carbocycles. The number of aryl methyl sites for hydroxylation is 1. The predicted octanol–water partition coefficient (Wildman–Crippen LogP) is 4.20. The van der Waals surface area contributed by atoms with Gasteiger partial charge in [0.15, 0.2) is 0 Å². The average molecular weight is 283 g/mol. The Labute approximate surface area is 121 Å². The summed E-state index contributed by atoms with van der Waals surface area (Å²) in [6.07, 6.45) is 15.8. The van der Waals surface area contributed by atoms with Crippen LogP contribution in [-0.4, -0.2) is 10.2 Å². The van der Waals surface area contributed by atoms with Crippen molar-refractivity contribution in [3.8, 4) is 0 Å². The summed E-state index contributed by atoms with van der Waals surface area (Å²) >= 11 is 1.96. The lowest BCUT2D eigenvalue weighted by Crippen LogP contribution is -2.03. The Morgan fingerprint density at radius 3 is 1.94 bits per heavy atom. The summed E-state index contributed by atoms with van der Waals surface area (Å²) in [6, 6.07) is 2.31. The van der Waals surface area contributed by atoms with Crippen LogP contribution in [0.4, 0.5) is 0 Å². The van der Waals surface area contributed by atoms with Crippen LogP contribution in [0.15, 0.2) is 11.4 Å². The maximum absolute atomic E-state index is 2.31. The summed E-state index contributed by atoms with van der Waals surface area (Å²) in [5.74, 6) is 0. The van der Waals surface area contributed by atoms with Crippen molar-refractivity contribution in [1.29, 1.82) is 0 Å². The minimum Gasteiger partial charge on any atom is -0.149 e. The molecule has 1 rings (SSSR count). The molecule has 0 N–H and O–H groups in total. The highest BCUT2D eigenvalue weighted by Gasteiger charge is 1.99.